The molecule has 7 aromatic rings. The van der Waals surface area contributed by atoms with Gasteiger partial charge in [-0.05, 0) is 101 Å². The van der Waals surface area contributed by atoms with Gasteiger partial charge in [0.2, 0.25) is 0 Å². The van der Waals surface area contributed by atoms with Gasteiger partial charge < -0.3 is 9.80 Å². The molecule has 0 spiro atoms. The van der Waals surface area contributed by atoms with Crippen molar-refractivity contribution in [1.82, 2.24) is 0 Å². The van der Waals surface area contributed by atoms with Gasteiger partial charge in [0.15, 0.2) is 0 Å². The summed E-state index contributed by atoms with van der Waals surface area (Å²) in [7, 11) is 0. The Morgan fingerprint density at radius 3 is 1.52 bits per heavy atom. The van der Waals surface area contributed by atoms with Crippen LogP contribution >= 0.6 is 0 Å². The van der Waals surface area contributed by atoms with Crippen LogP contribution in [0.2, 0.25) is 0 Å². The normalized spacial score (nSPS) is 11.7. The first-order chi connectivity index (χ1) is 23.8. The fourth-order valence-electron chi connectivity index (χ4n) is 6.69. The van der Waals surface area contributed by atoms with E-state index in [-0.39, 0.29) is 0 Å². The topological polar surface area (TPSA) is 6.48 Å². The molecule has 0 fully saturated rings. The van der Waals surface area contributed by atoms with E-state index < -0.39 is 0 Å². The molecule has 2 heteroatoms. The van der Waals surface area contributed by atoms with Crippen LogP contribution in [-0.2, 0) is 6.42 Å². The van der Waals surface area contributed by atoms with E-state index in [4.69, 9.17) is 0 Å². The standard InChI is InChI=1S/C44H34N2.C2H6/c1-3-17-37(18-4-1)45(43-23-11-15-35-13-7-9-21-41(35)43)39-29-25-33(26-30-39)34-27-31-40(32-28-34)46(38-19-5-2-6-20-38)44-24-12-16-36-14-8-10-22-42(36)44;1-2/h1-9,11-21,23-32H,10,22H2;1-2H3. The molecule has 0 radical (unpaired) electrons. The second-order valence-corrected chi connectivity index (χ2v) is 11.7. The van der Waals surface area contributed by atoms with Crippen molar-refractivity contribution in [2.24, 2.45) is 0 Å². The average molecular weight is 621 g/mol. The van der Waals surface area contributed by atoms with Crippen LogP contribution in [0.3, 0.4) is 0 Å². The highest BCUT2D eigenvalue weighted by molar-refractivity contribution is 5.99. The maximum Gasteiger partial charge on any atom is 0.0540 e. The lowest BCUT2D eigenvalue weighted by Gasteiger charge is -2.29. The molecule has 8 rings (SSSR count). The molecular weight excluding hydrogens is 581 g/mol. The predicted octanol–water partition coefficient (Wildman–Crippen LogP) is 13.4. The van der Waals surface area contributed by atoms with Crippen LogP contribution in [0.15, 0.2) is 176 Å². The number of hydrogen-bond acceptors (Lipinski definition) is 2. The molecule has 0 atom stereocenters. The zero-order valence-electron chi connectivity index (χ0n) is 27.6. The first kappa shape index (κ1) is 30.8. The summed E-state index contributed by atoms with van der Waals surface area (Å²) in [5.41, 5.74) is 12.1. The third-order valence-corrected chi connectivity index (χ3v) is 8.91. The zero-order valence-corrected chi connectivity index (χ0v) is 27.6. The average Bonchev–Trinajstić information content (AvgIpc) is 3.17. The molecule has 0 heterocycles. The van der Waals surface area contributed by atoms with Gasteiger partial charge in [-0.3, -0.25) is 0 Å². The molecule has 1 aliphatic carbocycles. The first-order valence-corrected chi connectivity index (χ1v) is 17.0. The van der Waals surface area contributed by atoms with Gasteiger partial charge in [-0.15, -0.1) is 0 Å². The van der Waals surface area contributed by atoms with Crippen LogP contribution in [0, 0.1) is 0 Å². The summed E-state index contributed by atoms with van der Waals surface area (Å²) in [5, 5.41) is 2.46. The third-order valence-electron chi connectivity index (χ3n) is 8.91. The molecule has 0 aromatic heterocycles. The van der Waals surface area contributed by atoms with Crippen LogP contribution in [-0.4, -0.2) is 0 Å². The molecule has 0 N–H and O–H groups in total. The summed E-state index contributed by atoms with van der Waals surface area (Å²) in [6.45, 7) is 4.00. The number of nitrogens with zero attached hydrogens (tertiary/aromatic N) is 2. The summed E-state index contributed by atoms with van der Waals surface area (Å²) >= 11 is 0. The number of para-hydroxylation sites is 2. The fourth-order valence-corrected chi connectivity index (χ4v) is 6.69. The summed E-state index contributed by atoms with van der Waals surface area (Å²) < 4.78 is 0. The minimum Gasteiger partial charge on any atom is -0.310 e. The lowest BCUT2D eigenvalue weighted by Crippen LogP contribution is -2.13. The minimum absolute atomic E-state index is 1.05. The quantitative estimate of drug-likeness (QED) is 0.175. The number of rotatable bonds is 7. The van der Waals surface area contributed by atoms with Gasteiger partial charge in [-0.2, -0.15) is 0 Å². The number of anilines is 6. The molecule has 0 saturated heterocycles. The van der Waals surface area contributed by atoms with Gasteiger partial charge >= 0.3 is 0 Å². The number of fused-ring (bicyclic) bond motifs is 2. The molecule has 234 valence electrons. The number of benzene rings is 7. The van der Waals surface area contributed by atoms with Gasteiger partial charge in [-0.25, -0.2) is 0 Å². The van der Waals surface area contributed by atoms with Gasteiger partial charge in [0.05, 0.1) is 5.69 Å². The molecular formula is C46H40N2. The highest BCUT2D eigenvalue weighted by Crippen LogP contribution is 2.41. The van der Waals surface area contributed by atoms with Crippen molar-refractivity contribution in [3.05, 3.63) is 187 Å². The maximum atomic E-state index is 2.40. The molecule has 0 amide bonds. The molecule has 2 nitrogen and oxygen atoms in total. The molecule has 48 heavy (non-hydrogen) atoms. The van der Waals surface area contributed by atoms with E-state index in [0.717, 1.165) is 35.6 Å². The highest BCUT2D eigenvalue weighted by Gasteiger charge is 2.19. The molecule has 0 unspecified atom stereocenters. The largest absolute Gasteiger partial charge is 0.310 e. The van der Waals surface area contributed by atoms with E-state index in [0.29, 0.717) is 0 Å². The maximum absolute atomic E-state index is 2.40. The Kier molecular flexibility index (Phi) is 9.15. The Morgan fingerprint density at radius 1 is 0.417 bits per heavy atom. The number of allylic oxidation sites excluding steroid dienone is 1. The molecule has 7 aromatic carbocycles. The summed E-state index contributed by atoms with van der Waals surface area (Å²) in [5.74, 6) is 0. The summed E-state index contributed by atoms with van der Waals surface area (Å²) in [6, 6.07) is 61.0. The van der Waals surface area contributed by atoms with Crippen LogP contribution < -0.4 is 9.80 Å². The van der Waals surface area contributed by atoms with Crippen molar-refractivity contribution in [2.75, 3.05) is 9.80 Å². The van der Waals surface area contributed by atoms with E-state index in [1.54, 1.807) is 0 Å². The van der Waals surface area contributed by atoms with Crippen LogP contribution in [0.4, 0.5) is 34.1 Å². The predicted molar refractivity (Wildman–Crippen MR) is 207 cm³/mol. The van der Waals surface area contributed by atoms with Crippen LogP contribution in [0.5, 0.6) is 0 Å². The summed E-state index contributed by atoms with van der Waals surface area (Å²) in [4.78, 5) is 4.75. The van der Waals surface area contributed by atoms with Crippen molar-refractivity contribution >= 4 is 51.0 Å². The Labute approximate surface area is 284 Å². The van der Waals surface area contributed by atoms with E-state index in [1.807, 2.05) is 13.8 Å². The third kappa shape index (κ3) is 6.13. The van der Waals surface area contributed by atoms with Gasteiger partial charge in [-0.1, -0.05) is 135 Å². The lowest BCUT2D eigenvalue weighted by atomic mass is 9.94. The molecule has 0 saturated carbocycles. The Bertz CT molecular complexity index is 2130. The number of hydrogen-bond donors (Lipinski definition) is 0. The van der Waals surface area contributed by atoms with Crippen molar-refractivity contribution in [3.63, 3.8) is 0 Å². The van der Waals surface area contributed by atoms with Crippen molar-refractivity contribution in [2.45, 2.75) is 26.7 Å². The van der Waals surface area contributed by atoms with Crippen LogP contribution in [0.1, 0.15) is 31.4 Å². The van der Waals surface area contributed by atoms with Crippen molar-refractivity contribution in [3.8, 4) is 11.1 Å². The second kappa shape index (κ2) is 14.3. The van der Waals surface area contributed by atoms with Gasteiger partial charge in [0.1, 0.15) is 0 Å². The molecule has 0 aliphatic heterocycles. The zero-order chi connectivity index (χ0) is 32.7. The van der Waals surface area contributed by atoms with E-state index >= 15 is 0 Å². The van der Waals surface area contributed by atoms with E-state index in [1.165, 1.54) is 44.4 Å². The Morgan fingerprint density at radius 2 is 0.896 bits per heavy atom. The van der Waals surface area contributed by atoms with E-state index in [2.05, 4.69) is 192 Å². The van der Waals surface area contributed by atoms with Gasteiger partial charge in [0, 0.05) is 33.8 Å². The highest BCUT2D eigenvalue weighted by atomic mass is 15.1. The van der Waals surface area contributed by atoms with Crippen molar-refractivity contribution < 1.29 is 0 Å². The minimum atomic E-state index is 1.05. The lowest BCUT2D eigenvalue weighted by molar-refractivity contribution is 0.979. The van der Waals surface area contributed by atoms with Gasteiger partial charge in [0.25, 0.3) is 0 Å². The van der Waals surface area contributed by atoms with E-state index in [9.17, 15) is 0 Å². The fraction of sp³-hybridized carbons (Fsp3) is 0.0870. The summed E-state index contributed by atoms with van der Waals surface area (Å²) in [6.07, 6.45) is 6.66. The SMILES string of the molecule is C1=Cc2cccc(N(c3ccccc3)c3ccc(-c4ccc(N(c5ccccc5)c5cccc6ccccc56)cc4)cc3)c2CC1.CC. The Hall–Kier alpha value is -5.86. The second-order valence-electron chi connectivity index (χ2n) is 11.7. The first-order valence-electron chi connectivity index (χ1n) is 17.0. The van der Waals surface area contributed by atoms with Crippen molar-refractivity contribution in [1.29, 1.82) is 0 Å². The monoisotopic (exact) mass is 620 g/mol. The molecule has 1 aliphatic rings. The Balaban J connectivity index is 0.00000179. The molecule has 0 bridgehead atoms. The smallest absolute Gasteiger partial charge is 0.0540 e. The van der Waals surface area contributed by atoms with Crippen LogP contribution in [0.25, 0.3) is 28.0 Å².